The van der Waals surface area contributed by atoms with Crippen molar-refractivity contribution < 1.29 is 49.0 Å². The number of rotatable bonds is 8. The maximum Gasteiger partial charge on any atom is 0.460 e. The quantitative estimate of drug-likeness (QED) is 0.285. The van der Waals surface area contributed by atoms with E-state index >= 15 is 0 Å². The standard InChI is InChI=1S/C14H19F9O2S/c1-8(9(24)25-10(2,3)4)26-7-5-6-11(15,16)12(17,18)13(19,20)14(21,22)23/h8H,5-7H2,1-4H3. The molecule has 0 saturated heterocycles. The molecule has 26 heavy (non-hydrogen) atoms. The smallest absolute Gasteiger partial charge is 0.459 e. The van der Waals surface area contributed by atoms with Gasteiger partial charge in [0.25, 0.3) is 0 Å². The zero-order valence-electron chi connectivity index (χ0n) is 14.3. The molecule has 0 aromatic rings. The highest BCUT2D eigenvalue weighted by Crippen LogP contribution is 2.54. The van der Waals surface area contributed by atoms with Crippen molar-refractivity contribution in [3.8, 4) is 0 Å². The average Bonchev–Trinajstić information content (AvgIpc) is 2.39. The highest BCUT2D eigenvalue weighted by molar-refractivity contribution is 8.00. The molecule has 2 nitrogen and oxygen atoms in total. The Hall–Kier alpha value is -0.810. The van der Waals surface area contributed by atoms with E-state index in [4.69, 9.17) is 4.74 Å². The molecule has 0 aliphatic rings. The fourth-order valence-corrected chi connectivity index (χ4v) is 2.42. The van der Waals surface area contributed by atoms with Gasteiger partial charge in [-0.2, -0.15) is 39.5 Å². The molecule has 1 atom stereocenters. The lowest BCUT2D eigenvalue weighted by atomic mass is 10.00. The number of thioether (sulfide) groups is 1. The van der Waals surface area contributed by atoms with E-state index in [0.29, 0.717) is 0 Å². The van der Waals surface area contributed by atoms with Gasteiger partial charge in [-0.15, -0.1) is 11.8 Å². The van der Waals surface area contributed by atoms with Gasteiger partial charge in [0.1, 0.15) is 5.60 Å². The maximum atomic E-state index is 13.3. The van der Waals surface area contributed by atoms with Crippen LogP contribution in [0.25, 0.3) is 0 Å². The van der Waals surface area contributed by atoms with E-state index in [0.717, 1.165) is 11.8 Å². The third-order valence-corrected chi connectivity index (χ3v) is 4.17. The molecule has 0 N–H and O–H groups in total. The fourth-order valence-electron chi connectivity index (χ4n) is 1.57. The molecule has 0 radical (unpaired) electrons. The van der Waals surface area contributed by atoms with Crippen LogP contribution in [0.15, 0.2) is 0 Å². The van der Waals surface area contributed by atoms with Gasteiger partial charge < -0.3 is 4.74 Å². The molecule has 0 fully saturated rings. The van der Waals surface area contributed by atoms with Crippen LogP contribution in [0, 0.1) is 0 Å². The van der Waals surface area contributed by atoms with Gasteiger partial charge in [0.05, 0.1) is 5.25 Å². The third-order valence-electron chi connectivity index (χ3n) is 2.95. The summed E-state index contributed by atoms with van der Waals surface area (Å²) >= 11 is 0.727. The number of hydrogen-bond acceptors (Lipinski definition) is 3. The van der Waals surface area contributed by atoms with Crippen molar-refractivity contribution >= 4 is 17.7 Å². The summed E-state index contributed by atoms with van der Waals surface area (Å²) < 4.78 is 119. The summed E-state index contributed by atoms with van der Waals surface area (Å²) in [6.45, 7) is 6.08. The van der Waals surface area contributed by atoms with Crippen molar-refractivity contribution in [2.45, 2.75) is 75.3 Å². The zero-order chi connectivity index (χ0) is 21.2. The minimum absolute atomic E-state index is 0.344. The normalized spacial score (nSPS) is 15.7. The topological polar surface area (TPSA) is 26.3 Å². The Labute approximate surface area is 148 Å². The Morgan fingerprint density at radius 2 is 1.38 bits per heavy atom. The fraction of sp³-hybridized carbons (Fsp3) is 0.929. The van der Waals surface area contributed by atoms with E-state index in [1.807, 2.05) is 0 Å². The number of esters is 1. The number of ether oxygens (including phenoxy) is 1. The van der Waals surface area contributed by atoms with E-state index in [-0.39, 0.29) is 5.75 Å². The lowest BCUT2D eigenvalue weighted by Gasteiger charge is -2.33. The van der Waals surface area contributed by atoms with Crippen molar-refractivity contribution in [3.63, 3.8) is 0 Å². The van der Waals surface area contributed by atoms with Gasteiger partial charge in [0.15, 0.2) is 0 Å². The molecule has 0 rings (SSSR count). The summed E-state index contributed by atoms with van der Waals surface area (Å²) in [5, 5.41) is -0.861. The highest BCUT2D eigenvalue weighted by atomic mass is 32.2. The van der Waals surface area contributed by atoms with Gasteiger partial charge in [-0.3, -0.25) is 4.79 Å². The monoisotopic (exact) mass is 422 g/mol. The van der Waals surface area contributed by atoms with E-state index in [9.17, 15) is 44.3 Å². The summed E-state index contributed by atoms with van der Waals surface area (Å²) in [4.78, 5) is 11.6. The minimum atomic E-state index is -6.87. The predicted octanol–water partition coefficient (Wildman–Crippen LogP) is 5.70. The molecule has 12 heteroatoms. The number of hydrogen-bond donors (Lipinski definition) is 0. The first-order chi connectivity index (χ1) is 11.3. The molecular formula is C14H19F9O2S. The predicted molar refractivity (Wildman–Crippen MR) is 77.9 cm³/mol. The first-order valence-electron chi connectivity index (χ1n) is 7.31. The summed E-state index contributed by atoms with van der Waals surface area (Å²) in [5.74, 6) is -20.1. The average molecular weight is 422 g/mol. The second-order valence-electron chi connectivity index (χ2n) is 6.50. The molecule has 0 saturated carbocycles. The molecule has 0 amide bonds. The van der Waals surface area contributed by atoms with Crippen LogP contribution >= 0.6 is 11.8 Å². The molecule has 0 aliphatic carbocycles. The van der Waals surface area contributed by atoms with Crippen molar-refractivity contribution in [2.75, 3.05) is 5.75 Å². The summed E-state index contributed by atoms with van der Waals surface area (Å²) in [6, 6.07) is 0. The summed E-state index contributed by atoms with van der Waals surface area (Å²) in [6.07, 6.45) is -9.53. The second-order valence-corrected chi connectivity index (χ2v) is 7.95. The van der Waals surface area contributed by atoms with Gasteiger partial charge in [-0.1, -0.05) is 0 Å². The molecular weight excluding hydrogens is 403 g/mol. The molecule has 1 unspecified atom stereocenters. The summed E-state index contributed by atoms with van der Waals surface area (Å²) in [7, 11) is 0. The molecule has 0 spiro atoms. The molecule has 0 heterocycles. The van der Waals surface area contributed by atoms with Crippen LogP contribution in [0.1, 0.15) is 40.5 Å². The molecule has 0 aromatic heterocycles. The molecule has 0 aliphatic heterocycles. The number of carbonyl (C=O) groups is 1. The Kier molecular flexibility index (Phi) is 7.80. The first kappa shape index (κ1) is 25.2. The lowest BCUT2D eigenvalue weighted by molar-refractivity contribution is -0.396. The SMILES string of the molecule is CC(SCCCC(F)(F)C(F)(F)C(F)(F)C(F)(F)F)C(=O)OC(C)(C)C. The number of alkyl halides is 9. The van der Waals surface area contributed by atoms with Gasteiger partial charge in [-0.05, 0) is 39.9 Å². The van der Waals surface area contributed by atoms with Crippen LogP contribution in [-0.4, -0.2) is 46.5 Å². The maximum absolute atomic E-state index is 13.3. The van der Waals surface area contributed by atoms with Crippen molar-refractivity contribution in [1.29, 1.82) is 0 Å². The van der Waals surface area contributed by atoms with E-state index in [1.165, 1.54) is 6.92 Å². The zero-order valence-corrected chi connectivity index (χ0v) is 15.1. The number of halogens is 9. The van der Waals surface area contributed by atoms with Crippen molar-refractivity contribution in [1.82, 2.24) is 0 Å². The van der Waals surface area contributed by atoms with Crippen LogP contribution in [0.3, 0.4) is 0 Å². The second kappa shape index (κ2) is 8.05. The minimum Gasteiger partial charge on any atom is -0.459 e. The van der Waals surface area contributed by atoms with Gasteiger partial charge in [-0.25, -0.2) is 0 Å². The van der Waals surface area contributed by atoms with E-state index in [2.05, 4.69) is 0 Å². The molecule has 0 bridgehead atoms. The lowest BCUT2D eigenvalue weighted by Crippen LogP contribution is -2.60. The van der Waals surface area contributed by atoms with Gasteiger partial charge in [0.2, 0.25) is 0 Å². The van der Waals surface area contributed by atoms with Gasteiger partial charge >= 0.3 is 29.9 Å². The van der Waals surface area contributed by atoms with Crippen LogP contribution in [-0.2, 0) is 9.53 Å². The van der Waals surface area contributed by atoms with Crippen molar-refractivity contribution in [3.05, 3.63) is 0 Å². The molecule has 0 aromatic carbocycles. The van der Waals surface area contributed by atoms with Crippen LogP contribution < -0.4 is 0 Å². The Bertz CT molecular complexity index is 484. The van der Waals surface area contributed by atoms with Crippen molar-refractivity contribution in [2.24, 2.45) is 0 Å². The van der Waals surface area contributed by atoms with Crippen LogP contribution in [0.4, 0.5) is 39.5 Å². The van der Waals surface area contributed by atoms with Gasteiger partial charge in [0, 0.05) is 6.42 Å². The Morgan fingerprint density at radius 1 is 0.923 bits per heavy atom. The number of carbonyl (C=O) groups excluding carboxylic acids is 1. The third kappa shape index (κ3) is 6.12. The Balaban J connectivity index is 4.74. The van der Waals surface area contributed by atoms with E-state index < -0.39 is 53.6 Å². The molecule has 156 valence electrons. The van der Waals surface area contributed by atoms with Crippen LogP contribution in [0.2, 0.25) is 0 Å². The highest BCUT2D eigenvalue weighted by Gasteiger charge is 2.81. The van der Waals surface area contributed by atoms with Crippen LogP contribution in [0.5, 0.6) is 0 Å². The van der Waals surface area contributed by atoms with E-state index in [1.54, 1.807) is 20.8 Å². The summed E-state index contributed by atoms with van der Waals surface area (Å²) in [5.41, 5.74) is -0.815. The largest absolute Gasteiger partial charge is 0.460 e. The Morgan fingerprint density at radius 3 is 1.77 bits per heavy atom. The first-order valence-corrected chi connectivity index (χ1v) is 8.36.